The molecule has 0 aliphatic heterocycles. The standard InChI is InChI=1S/C61H102O5/c1-4-7-10-13-16-19-22-25-27-29-31-32-34-37-39-42-45-48-51-54-60(62)65-58-59(66-61(63)55-52-49-46-43-40-36-24-21-18-15-12-9-6-3)57-64-56-53-50-47-44-41-38-35-33-30-28-26-23-20-17-14-11-8-5-2/h8,11-12,15-17,19-21,24-28,31-33,35,59H,4-7,9-10,13-14,18,22-23,29-30,34,36-58H2,1-3H3/b11-8-,15-12-,19-16-,20-17-,24-21-,27-25-,28-26-,32-31-,35-33-. The first-order chi connectivity index (χ1) is 32.6. The van der Waals surface area contributed by atoms with Gasteiger partial charge in [-0.25, -0.2) is 0 Å². The minimum Gasteiger partial charge on any atom is -0.462 e. The van der Waals surface area contributed by atoms with Crippen molar-refractivity contribution in [2.24, 2.45) is 0 Å². The number of hydrogen-bond acceptors (Lipinski definition) is 5. The summed E-state index contributed by atoms with van der Waals surface area (Å²) in [5, 5.41) is 0. The monoisotopic (exact) mass is 915 g/mol. The summed E-state index contributed by atoms with van der Waals surface area (Å²) in [7, 11) is 0. The van der Waals surface area contributed by atoms with Crippen LogP contribution in [-0.4, -0.2) is 37.9 Å². The SMILES string of the molecule is CC/C=C\C/C=C\C/C=C\C/C=C\CCCCCCCOCC(COC(=O)CCCCCCCC/C=C\C/C=C\C/C=C\CCCCC)OC(=O)CCCCCCC/C=C\C/C=C\CCC. The second-order valence-corrected chi connectivity index (χ2v) is 17.7. The lowest BCUT2D eigenvalue weighted by Gasteiger charge is -2.18. The number of hydrogen-bond donors (Lipinski definition) is 0. The summed E-state index contributed by atoms with van der Waals surface area (Å²) >= 11 is 0. The van der Waals surface area contributed by atoms with Gasteiger partial charge in [-0.3, -0.25) is 9.59 Å². The third-order valence-corrected chi connectivity index (χ3v) is 11.2. The molecule has 66 heavy (non-hydrogen) atoms. The van der Waals surface area contributed by atoms with Gasteiger partial charge in [0, 0.05) is 19.4 Å². The zero-order valence-electron chi connectivity index (χ0n) is 43.2. The first-order valence-electron chi connectivity index (χ1n) is 27.4. The van der Waals surface area contributed by atoms with E-state index < -0.39 is 6.10 Å². The van der Waals surface area contributed by atoms with E-state index in [0.717, 1.165) is 122 Å². The van der Waals surface area contributed by atoms with Gasteiger partial charge in [-0.15, -0.1) is 0 Å². The predicted octanol–water partition coefficient (Wildman–Crippen LogP) is 18.8. The summed E-state index contributed by atoms with van der Waals surface area (Å²) in [6.45, 7) is 7.55. The summed E-state index contributed by atoms with van der Waals surface area (Å²) in [6, 6.07) is 0. The third-order valence-electron chi connectivity index (χ3n) is 11.2. The van der Waals surface area contributed by atoms with E-state index in [2.05, 4.69) is 130 Å². The molecule has 1 atom stereocenters. The number of unbranched alkanes of at least 4 members (excludes halogenated alkanes) is 20. The normalized spacial score (nSPS) is 13.1. The van der Waals surface area contributed by atoms with Crippen molar-refractivity contribution in [2.45, 2.75) is 245 Å². The maximum atomic E-state index is 12.8. The van der Waals surface area contributed by atoms with Gasteiger partial charge in [0.2, 0.25) is 0 Å². The largest absolute Gasteiger partial charge is 0.462 e. The van der Waals surface area contributed by atoms with Crippen molar-refractivity contribution in [3.05, 3.63) is 109 Å². The van der Waals surface area contributed by atoms with Crippen molar-refractivity contribution in [1.82, 2.24) is 0 Å². The van der Waals surface area contributed by atoms with Crippen molar-refractivity contribution in [3.63, 3.8) is 0 Å². The molecule has 0 bridgehead atoms. The highest BCUT2D eigenvalue weighted by molar-refractivity contribution is 5.70. The Morgan fingerprint density at radius 3 is 1.15 bits per heavy atom. The van der Waals surface area contributed by atoms with Gasteiger partial charge in [-0.2, -0.15) is 0 Å². The molecule has 1 unspecified atom stereocenters. The van der Waals surface area contributed by atoms with Gasteiger partial charge in [-0.1, -0.05) is 214 Å². The quantitative estimate of drug-likeness (QED) is 0.0346. The molecule has 0 aliphatic rings. The molecular weight excluding hydrogens is 813 g/mol. The fraction of sp³-hybridized carbons (Fsp3) is 0.672. The Kier molecular flexibility index (Phi) is 53.0. The van der Waals surface area contributed by atoms with Crippen LogP contribution in [0.25, 0.3) is 0 Å². The van der Waals surface area contributed by atoms with E-state index in [0.29, 0.717) is 19.4 Å². The molecule has 5 nitrogen and oxygen atoms in total. The average molecular weight is 915 g/mol. The first-order valence-corrected chi connectivity index (χ1v) is 27.4. The van der Waals surface area contributed by atoms with Crippen molar-refractivity contribution in [2.75, 3.05) is 19.8 Å². The molecule has 0 saturated carbocycles. The number of ether oxygens (including phenoxy) is 3. The smallest absolute Gasteiger partial charge is 0.306 e. The van der Waals surface area contributed by atoms with Crippen LogP contribution in [0.3, 0.4) is 0 Å². The Morgan fingerprint density at radius 1 is 0.348 bits per heavy atom. The summed E-state index contributed by atoms with van der Waals surface area (Å²) in [5.74, 6) is -0.443. The molecule has 0 heterocycles. The number of carbonyl (C=O) groups is 2. The number of carbonyl (C=O) groups excluding carboxylic acids is 2. The number of esters is 2. The topological polar surface area (TPSA) is 61.8 Å². The fourth-order valence-electron chi connectivity index (χ4n) is 7.19. The molecule has 5 heteroatoms. The first kappa shape index (κ1) is 62.6. The Labute approximate surface area is 408 Å². The Bertz CT molecular complexity index is 1310. The molecule has 0 aromatic carbocycles. The maximum absolute atomic E-state index is 12.8. The van der Waals surface area contributed by atoms with E-state index in [1.165, 1.54) is 83.5 Å². The van der Waals surface area contributed by atoms with Crippen LogP contribution in [0.5, 0.6) is 0 Å². The molecule has 376 valence electrons. The van der Waals surface area contributed by atoms with Crippen molar-refractivity contribution in [3.8, 4) is 0 Å². The van der Waals surface area contributed by atoms with Gasteiger partial charge in [-0.05, 0) is 122 Å². The van der Waals surface area contributed by atoms with Gasteiger partial charge in [0.25, 0.3) is 0 Å². The summed E-state index contributed by atoms with van der Waals surface area (Å²) < 4.78 is 17.4. The molecule has 0 aliphatic carbocycles. The lowest BCUT2D eigenvalue weighted by atomic mass is 10.1. The molecule has 0 radical (unpaired) electrons. The third kappa shape index (κ3) is 53.2. The van der Waals surface area contributed by atoms with Gasteiger partial charge in [0.05, 0.1) is 6.61 Å². The molecule has 0 aromatic rings. The van der Waals surface area contributed by atoms with Crippen LogP contribution in [-0.2, 0) is 23.8 Å². The van der Waals surface area contributed by atoms with Crippen molar-refractivity contribution < 1.29 is 23.8 Å². The van der Waals surface area contributed by atoms with E-state index >= 15 is 0 Å². The van der Waals surface area contributed by atoms with Gasteiger partial charge < -0.3 is 14.2 Å². The van der Waals surface area contributed by atoms with E-state index in [9.17, 15) is 9.59 Å². The van der Waals surface area contributed by atoms with Crippen molar-refractivity contribution in [1.29, 1.82) is 0 Å². The van der Waals surface area contributed by atoms with Crippen LogP contribution in [0.1, 0.15) is 239 Å². The predicted molar refractivity (Wildman–Crippen MR) is 288 cm³/mol. The lowest BCUT2D eigenvalue weighted by molar-refractivity contribution is -0.163. The van der Waals surface area contributed by atoms with Crippen LogP contribution < -0.4 is 0 Å². The number of rotatable bonds is 49. The van der Waals surface area contributed by atoms with E-state index in [1.807, 2.05) is 0 Å². The zero-order valence-corrected chi connectivity index (χ0v) is 43.2. The Hall–Kier alpha value is -3.44. The molecular formula is C61H102O5. The molecule has 0 N–H and O–H groups in total. The maximum Gasteiger partial charge on any atom is 0.306 e. The van der Waals surface area contributed by atoms with Crippen molar-refractivity contribution >= 4 is 11.9 Å². The molecule has 0 amide bonds. The van der Waals surface area contributed by atoms with Crippen LogP contribution in [0.2, 0.25) is 0 Å². The Balaban J connectivity index is 4.35. The second-order valence-electron chi connectivity index (χ2n) is 17.7. The van der Waals surface area contributed by atoms with Crippen LogP contribution in [0.4, 0.5) is 0 Å². The molecule has 0 fully saturated rings. The van der Waals surface area contributed by atoms with E-state index in [4.69, 9.17) is 14.2 Å². The van der Waals surface area contributed by atoms with Crippen LogP contribution in [0.15, 0.2) is 109 Å². The minimum absolute atomic E-state index is 0.0588. The average Bonchev–Trinajstić information content (AvgIpc) is 3.32. The zero-order chi connectivity index (χ0) is 47.7. The highest BCUT2D eigenvalue weighted by Gasteiger charge is 2.17. The second kappa shape index (κ2) is 55.9. The van der Waals surface area contributed by atoms with Crippen LogP contribution in [0, 0.1) is 0 Å². The summed E-state index contributed by atoms with van der Waals surface area (Å²) in [4.78, 5) is 25.5. The lowest BCUT2D eigenvalue weighted by Crippen LogP contribution is -2.30. The Morgan fingerprint density at radius 2 is 0.712 bits per heavy atom. The van der Waals surface area contributed by atoms with Gasteiger partial charge in [0.15, 0.2) is 6.10 Å². The van der Waals surface area contributed by atoms with E-state index in [-0.39, 0.29) is 25.2 Å². The van der Waals surface area contributed by atoms with Gasteiger partial charge >= 0.3 is 11.9 Å². The highest BCUT2D eigenvalue weighted by Crippen LogP contribution is 2.13. The van der Waals surface area contributed by atoms with Crippen LogP contribution >= 0.6 is 0 Å². The highest BCUT2D eigenvalue weighted by atomic mass is 16.6. The number of allylic oxidation sites excluding steroid dienone is 18. The van der Waals surface area contributed by atoms with E-state index in [1.54, 1.807) is 0 Å². The molecule has 0 aromatic heterocycles. The van der Waals surface area contributed by atoms with Gasteiger partial charge in [0.1, 0.15) is 6.61 Å². The minimum atomic E-state index is -0.566. The summed E-state index contributed by atoms with van der Waals surface area (Å²) in [5.41, 5.74) is 0. The fourth-order valence-corrected chi connectivity index (χ4v) is 7.19. The molecule has 0 rings (SSSR count). The summed E-state index contributed by atoms with van der Waals surface area (Å²) in [6.07, 6.45) is 76.7. The molecule has 0 saturated heterocycles. The molecule has 0 spiro atoms.